The Balaban J connectivity index is 1.44. The highest BCUT2D eigenvalue weighted by molar-refractivity contribution is 5.98. The van der Waals surface area contributed by atoms with Gasteiger partial charge in [0.2, 0.25) is 5.91 Å². The summed E-state index contributed by atoms with van der Waals surface area (Å²) in [4.78, 5) is 60.7. The van der Waals surface area contributed by atoms with E-state index in [9.17, 15) is 19.2 Å². The van der Waals surface area contributed by atoms with Crippen LogP contribution in [-0.4, -0.2) is 49.3 Å². The summed E-state index contributed by atoms with van der Waals surface area (Å²) in [6.07, 6.45) is 1.49. The Bertz CT molecular complexity index is 1360. The zero-order valence-electron chi connectivity index (χ0n) is 19.9. The quantitative estimate of drug-likeness (QED) is 0.529. The molecule has 0 aliphatic carbocycles. The van der Waals surface area contributed by atoms with E-state index in [0.29, 0.717) is 28.9 Å². The summed E-state index contributed by atoms with van der Waals surface area (Å²) in [7, 11) is 1.51. The standard InChI is InChI=1S/C24H30N6O4/c1-13-9-14(2)12-30(11-13)23(33)16-6-5-15(3)17(10-16)25-19(31)8-7-18-26-20-21(27-18)29(4)24(34)28-22(20)32/h5-6,10,13-14H,7-9,11-12H2,1-4H3,(H,25,31)(H,26,27)(H,28,32,34). The van der Waals surface area contributed by atoms with Crippen molar-refractivity contribution in [3.63, 3.8) is 0 Å². The van der Waals surface area contributed by atoms with Crippen molar-refractivity contribution in [2.45, 2.75) is 40.0 Å². The first-order chi connectivity index (χ1) is 16.1. The maximum atomic E-state index is 13.1. The molecule has 4 rings (SSSR count). The minimum Gasteiger partial charge on any atom is -0.338 e. The maximum Gasteiger partial charge on any atom is 0.329 e. The van der Waals surface area contributed by atoms with Crippen LogP contribution in [0.5, 0.6) is 0 Å². The van der Waals surface area contributed by atoms with E-state index in [1.807, 2.05) is 17.9 Å². The molecule has 0 saturated carbocycles. The van der Waals surface area contributed by atoms with Crippen molar-refractivity contribution < 1.29 is 9.59 Å². The van der Waals surface area contributed by atoms with E-state index in [1.54, 1.807) is 12.1 Å². The van der Waals surface area contributed by atoms with Crippen molar-refractivity contribution in [1.29, 1.82) is 0 Å². The number of fused-ring (bicyclic) bond motifs is 1. The number of nitrogens with one attached hydrogen (secondary N) is 3. The lowest BCUT2D eigenvalue weighted by molar-refractivity contribution is -0.116. The Morgan fingerprint density at radius 1 is 1.15 bits per heavy atom. The number of imidazole rings is 1. The fraction of sp³-hybridized carbons (Fsp3) is 0.458. The summed E-state index contributed by atoms with van der Waals surface area (Å²) in [5.74, 6) is 1.11. The average molecular weight is 467 g/mol. The molecule has 2 atom stereocenters. The number of amides is 2. The van der Waals surface area contributed by atoms with E-state index in [-0.39, 0.29) is 35.8 Å². The molecule has 0 spiro atoms. The van der Waals surface area contributed by atoms with Gasteiger partial charge >= 0.3 is 5.69 Å². The summed E-state index contributed by atoms with van der Waals surface area (Å²) < 4.78 is 1.24. The van der Waals surface area contributed by atoms with Gasteiger partial charge < -0.3 is 15.2 Å². The van der Waals surface area contributed by atoms with Gasteiger partial charge in [0.15, 0.2) is 5.65 Å². The Labute approximate surface area is 196 Å². The van der Waals surface area contributed by atoms with Crippen molar-refractivity contribution in [2.24, 2.45) is 18.9 Å². The normalized spacial score (nSPS) is 18.3. The topological polar surface area (TPSA) is 133 Å². The summed E-state index contributed by atoms with van der Waals surface area (Å²) in [5.41, 5.74) is 1.35. The van der Waals surface area contributed by atoms with E-state index in [1.165, 1.54) is 11.6 Å². The molecule has 0 radical (unpaired) electrons. The Morgan fingerprint density at radius 2 is 1.85 bits per heavy atom. The lowest BCUT2D eigenvalue weighted by Gasteiger charge is -2.35. The summed E-state index contributed by atoms with van der Waals surface area (Å²) in [6, 6.07) is 5.37. The van der Waals surface area contributed by atoms with Gasteiger partial charge in [0.05, 0.1) is 0 Å². The fourth-order valence-electron chi connectivity index (χ4n) is 4.62. The monoisotopic (exact) mass is 466 g/mol. The highest BCUT2D eigenvalue weighted by Crippen LogP contribution is 2.24. The summed E-state index contributed by atoms with van der Waals surface area (Å²) in [5, 5.41) is 2.89. The van der Waals surface area contributed by atoms with Crippen LogP contribution in [0.15, 0.2) is 27.8 Å². The molecule has 1 aromatic carbocycles. The van der Waals surface area contributed by atoms with Crippen LogP contribution < -0.4 is 16.6 Å². The van der Waals surface area contributed by atoms with Gasteiger partial charge in [-0.2, -0.15) is 0 Å². The summed E-state index contributed by atoms with van der Waals surface area (Å²) >= 11 is 0. The number of carbonyl (C=O) groups is 2. The predicted octanol–water partition coefficient (Wildman–Crippen LogP) is 1.95. The molecular formula is C24H30N6O4. The highest BCUT2D eigenvalue weighted by Gasteiger charge is 2.26. The molecule has 0 bridgehead atoms. The number of aryl methyl sites for hydroxylation is 3. The molecule has 34 heavy (non-hydrogen) atoms. The van der Waals surface area contributed by atoms with Crippen LogP contribution >= 0.6 is 0 Å². The van der Waals surface area contributed by atoms with Crippen molar-refractivity contribution in [2.75, 3.05) is 18.4 Å². The third-order valence-corrected chi connectivity index (χ3v) is 6.31. The Morgan fingerprint density at radius 3 is 2.56 bits per heavy atom. The first kappa shape index (κ1) is 23.5. The molecule has 3 aromatic rings. The van der Waals surface area contributed by atoms with Crippen LogP contribution in [0.3, 0.4) is 0 Å². The average Bonchev–Trinajstić information content (AvgIpc) is 3.22. The predicted molar refractivity (Wildman–Crippen MR) is 129 cm³/mol. The van der Waals surface area contributed by atoms with Crippen LogP contribution in [0.4, 0.5) is 5.69 Å². The molecule has 2 unspecified atom stereocenters. The smallest absolute Gasteiger partial charge is 0.329 e. The number of hydrogen-bond acceptors (Lipinski definition) is 5. The van der Waals surface area contributed by atoms with Gasteiger partial charge in [-0.05, 0) is 42.9 Å². The van der Waals surface area contributed by atoms with Crippen LogP contribution in [0, 0.1) is 18.8 Å². The molecule has 3 N–H and O–H groups in total. The van der Waals surface area contributed by atoms with Crippen molar-refractivity contribution >= 4 is 28.7 Å². The first-order valence-electron chi connectivity index (χ1n) is 11.5. The Kier molecular flexibility index (Phi) is 6.41. The van der Waals surface area contributed by atoms with Crippen molar-refractivity contribution in [3.8, 4) is 0 Å². The van der Waals surface area contributed by atoms with Crippen LogP contribution in [0.2, 0.25) is 0 Å². The van der Waals surface area contributed by atoms with E-state index >= 15 is 0 Å². The number of nitrogens with zero attached hydrogens (tertiary/aromatic N) is 3. The lowest BCUT2D eigenvalue weighted by atomic mass is 9.91. The molecule has 180 valence electrons. The van der Waals surface area contributed by atoms with E-state index < -0.39 is 11.2 Å². The van der Waals surface area contributed by atoms with Gasteiger partial charge in [-0.3, -0.25) is 23.9 Å². The second-order valence-corrected chi connectivity index (χ2v) is 9.43. The lowest BCUT2D eigenvalue weighted by Crippen LogP contribution is -2.42. The van der Waals surface area contributed by atoms with Gasteiger partial charge in [0.25, 0.3) is 11.5 Å². The molecule has 1 aliphatic rings. The largest absolute Gasteiger partial charge is 0.338 e. The zero-order valence-corrected chi connectivity index (χ0v) is 19.9. The third-order valence-electron chi connectivity index (χ3n) is 6.31. The minimum absolute atomic E-state index is 0.0213. The van der Waals surface area contributed by atoms with Crippen molar-refractivity contribution in [3.05, 3.63) is 56.0 Å². The van der Waals surface area contributed by atoms with E-state index in [4.69, 9.17) is 0 Å². The number of aromatic amines is 2. The van der Waals surface area contributed by atoms with Gasteiger partial charge in [-0.15, -0.1) is 0 Å². The van der Waals surface area contributed by atoms with Crippen LogP contribution in [0.1, 0.15) is 48.4 Å². The second-order valence-electron chi connectivity index (χ2n) is 9.43. The number of hydrogen-bond donors (Lipinski definition) is 3. The highest BCUT2D eigenvalue weighted by atomic mass is 16.2. The van der Waals surface area contributed by atoms with Gasteiger partial charge in [0, 0.05) is 44.2 Å². The molecule has 1 fully saturated rings. The molecule has 2 amide bonds. The van der Waals surface area contributed by atoms with E-state index in [0.717, 1.165) is 25.1 Å². The number of piperidine rings is 1. The Hall–Kier alpha value is -3.69. The number of anilines is 1. The van der Waals surface area contributed by atoms with Crippen molar-refractivity contribution in [1.82, 2.24) is 24.4 Å². The molecule has 3 heterocycles. The fourth-order valence-corrected chi connectivity index (χ4v) is 4.62. The number of benzene rings is 1. The molecule has 10 nitrogen and oxygen atoms in total. The molecule has 10 heteroatoms. The molecule has 2 aromatic heterocycles. The number of carbonyl (C=O) groups excluding carboxylic acids is 2. The van der Waals surface area contributed by atoms with Gasteiger partial charge in [-0.1, -0.05) is 19.9 Å². The molecular weight excluding hydrogens is 436 g/mol. The molecule has 1 saturated heterocycles. The number of likely N-dealkylation sites (tertiary alicyclic amines) is 1. The third kappa shape index (κ3) is 4.80. The maximum absolute atomic E-state index is 13.1. The SMILES string of the molecule is Cc1ccc(C(=O)N2CC(C)CC(C)C2)cc1NC(=O)CCc1nc2c([nH]1)c(=O)[nH]c(=O)n2C. The number of H-pyrrole nitrogens is 2. The van der Waals surface area contributed by atoms with Crippen LogP contribution in [0.25, 0.3) is 11.2 Å². The number of rotatable bonds is 5. The zero-order chi connectivity index (χ0) is 24.6. The number of aromatic nitrogens is 4. The van der Waals surface area contributed by atoms with Crippen LogP contribution in [-0.2, 0) is 18.3 Å². The van der Waals surface area contributed by atoms with Gasteiger partial charge in [0.1, 0.15) is 11.3 Å². The summed E-state index contributed by atoms with van der Waals surface area (Å²) in [6.45, 7) is 7.68. The van der Waals surface area contributed by atoms with Gasteiger partial charge in [-0.25, -0.2) is 9.78 Å². The molecule has 1 aliphatic heterocycles. The second kappa shape index (κ2) is 9.28. The van der Waals surface area contributed by atoms with E-state index in [2.05, 4.69) is 34.1 Å². The minimum atomic E-state index is -0.549. The first-order valence-corrected chi connectivity index (χ1v) is 11.5.